The molecule has 158 valence electrons. The van der Waals surface area contributed by atoms with Crippen molar-refractivity contribution in [1.82, 2.24) is 19.7 Å². The van der Waals surface area contributed by atoms with Gasteiger partial charge >= 0.3 is 0 Å². The molecule has 3 fully saturated rings. The first-order chi connectivity index (χ1) is 14.4. The van der Waals surface area contributed by atoms with Gasteiger partial charge in [0.1, 0.15) is 12.2 Å². The number of likely N-dealkylation sites (tertiary alicyclic amines) is 1. The molecular weight excluding hydrogens is 380 g/mol. The van der Waals surface area contributed by atoms with Gasteiger partial charge in [-0.3, -0.25) is 24.0 Å². The van der Waals surface area contributed by atoms with Crippen molar-refractivity contribution in [3.63, 3.8) is 0 Å². The van der Waals surface area contributed by atoms with Crippen LogP contribution in [0.4, 0.5) is 0 Å². The lowest BCUT2D eigenvalue weighted by molar-refractivity contribution is -0.139. The Balaban J connectivity index is 1.31. The SMILES string of the molecule is CC(=O)c1nn(CC(=O)N2[C@@H]3C[C@@H]3C[C@H]2C(=O)CCC2CC(C)C2)c2cnccc12. The summed E-state index contributed by atoms with van der Waals surface area (Å²) in [4.78, 5) is 44.1. The molecule has 0 unspecified atom stereocenters. The maximum atomic E-state index is 13.2. The van der Waals surface area contributed by atoms with E-state index >= 15 is 0 Å². The molecule has 2 aromatic heterocycles. The van der Waals surface area contributed by atoms with Crippen LogP contribution >= 0.6 is 0 Å². The fraction of sp³-hybridized carbons (Fsp3) is 0.609. The van der Waals surface area contributed by atoms with E-state index in [0.717, 1.165) is 25.2 Å². The number of carbonyl (C=O) groups is 3. The van der Waals surface area contributed by atoms with Crippen molar-refractivity contribution in [2.75, 3.05) is 0 Å². The maximum Gasteiger partial charge on any atom is 0.245 e. The minimum absolute atomic E-state index is 0.0304. The fourth-order valence-corrected chi connectivity index (χ4v) is 5.53. The Morgan fingerprint density at radius 3 is 2.70 bits per heavy atom. The molecule has 0 radical (unpaired) electrons. The molecule has 2 aromatic rings. The first kappa shape index (κ1) is 19.4. The summed E-state index contributed by atoms with van der Waals surface area (Å²) in [5, 5.41) is 5.10. The summed E-state index contributed by atoms with van der Waals surface area (Å²) in [5.74, 6) is 1.93. The van der Waals surface area contributed by atoms with Crippen LogP contribution in [0, 0.1) is 17.8 Å². The average Bonchev–Trinajstić information content (AvgIpc) is 3.20. The average molecular weight is 409 g/mol. The number of fused-ring (bicyclic) bond motifs is 2. The van der Waals surface area contributed by atoms with E-state index in [2.05, 4.69) is 17.0 Å². The largest absolute Gasteiger partial charge is 0.328 e. The van der Waals surface area contributed by atoms with E-state index in [1.807, 2.05) is 4.90 Å². The minimum atomic E-state index is -0.286. The van der Waals surface area contributed by atoms with Crippen LogP contribution in [0.1, 0.15) is 62.9 Å². The minimum Gasteiger partial charge on any atom is -0.328 e. The molecule has 5 rings (SSSR count). The summed E-state index contributed by atoms with van der Waals surface area (Å²) in [5.41, 5.74) is 1.03. The van der Waals surface area contributed by atoms with E-state index in [-0.39, 0.29) is 36.1 Å². The van der Waals surface area contributed by atoms with Gasteiger partial charge in [0.25, 0.3) is 0 Å². The molecule has 0 bridgehead atoms. The van der Waals surface area contributed by atoms with Gasteiger partial charge < -0.3 is 4.90 Å². The molecule has 7 heteroatoms. The molecule has 1 aliphatic heterocycles. The molecule has 1 saturated heterocycles. The summed E-state index contributed by atoms with van der Waals surface area (Å²) >= 11 is 0. The van der Waals surface area contributed by atoms with Crippen LogP contribution in [0.15, 0.2) is 18.5 Å². The summed E-state index contributed by atoms with van der Waals surface area (Å²) in [7, 11) is 0. The summed E-state index contributed by atoms with van der Waals surface area (Å²) in [6, 6.07) is 1.66. The molecule has 3 atom stereocenters. The standard InChI is InChI=1S/C23H28N4O3/c1-13-7-15(8-13)3-4-21(29)19-10-16-9-18(16)27(19)22(30)12-26-20-11-24-6-5-17(20)23(25-26)14(2)28/h5-6,11,13,15-16,18-19H,3-4,7-10,12H2,1-2H3/t13?,15?,16-,18-,19+/m1/s1. The predicted octanol–water partition coefficient (Wildman–Crippen LogP) is 3.02. The normalized spacial score (nSPS) is 29.5. The van der Waals surface area contributed by atoms with Crippen LogP contribution in [0.25, 0.3) is 10.9 Å². The highest BCUT2D eigenvalue weighted by atomic mass is 16.2. The van der Waals surface area contributed by atoms with Gasteiger partial charge in [-0.05, 0) is 55.9 Å². The highest BCUT2D eigenvalue weighted by Gasteiger charge is 2.55. The lowest BCUT2D eigenvalue weighted by atomic mass is 9.73. The number of amides is 1. The van der Waals surface area contributed by atoms with Gasteiger partial charge in [-0.15, -0.1) is 0 Å². The second-order valence-electron chi connectivity index (χ2n) is 9.52. The third kappa shape index (κ3) is 3.34. The number of Topliss-reactive ketones (excluding diaryl/α,β-unsaturated/α-hetero) is 2. The molecule has 0 N–H and O–H groups in total. The zero-order valence-corrected chi connectivity index (χ0v) is 17.6. The molecule has 1 amide bonds. The number of aromatic nitrogens is 3. The van der Waals surface area contributed by atoms with E-state index in [1.54, 1.807) is 23.1 Å². The van der Waals surface area contributed by atoms with E-state index in [9.17, 15) is 14.4 Å². The monoisotopic (exact) mass is 408 g/mol. The number of nitrogens with zero attached hydrogens (tertiary/aromatic N) is 4. The topological polar surface area (TPSA) is 85.2 Å². The highest BCUT2D eigenvalue weighted by Crippen LogP contribution is 2.48. The maximum absolute atomic E-state index is 13.2. The van der Waals surface area contributed by atoms with Gasteiger partial charge in [-0.25, -0.2) is 0 Å². The Morgan fingerprint density at radius 2 is 1.97 bits per heavy atom. The van der Waals surface area contributed by atoms with Crippen molar-refractivity contribution in [2.24, 2.45) is 17.8 Å². The molecule has 0 spiro atoms. The third-order valence-corrected chi connectivity index (χ3v) is 7.21. The number of carbonyl (C=O) groups excluding carboxylic acids is 3. The van der Waals surface area contributed by atoms with Crippen molar-refractivity contribution >= 4 is 28.4 Å². The van der Waals surface area contributed by atoms with Crippen molar-refractivity contribution in [1.29, 1.82) is 0 Å². The lowest BCUT2D eigenvalue weighted by Gasteiger charge is -2.33. The smallest absolute Gasteiger partial charge is 0.245 e. The number of piperidine rings is 1. The van der Waals surface area contributed by atoms with Crippen LogP contribution in [-0.2, 0) is 16.1 Å². The molecule has 0 aromatic carbocycles. The van der Waals surface area contributed by atoms with Crippen molar-refractivity contribution < 1.29 is 14.4 Å². The zero-order chi connectivity index (χ0) is 21.0. The molecule has 3 heterocycles. The number of ketones is 2. The van der Waals surface area contributed by atoms with Gasteiger partial charge in [0, 0.05) is 31.0 Å². The molecule has 3 aliphatic rings. The van der Waals surface area contributed by atoms with Crippen molar-refractivity contribution in [3.8, 4) is 0 Å². The summed E-state index contributed by atoms with van der Waals surface area (Å²) in [6.45, 7) is 3.76. The van der Waals surface area contributed by atoms with Gasteiger partial charge in [-0.2, -0.15) is 5.10 Å². The van der Waals surface area contributed by atoms with Gasteiger partial charge in [-0.1, -0.05) is 6.92 Å². The summed E-state index contributed by atoms with van der Waals surface area (Å²) < 4.78 is 1.56. The Kier molecular flexibility index (Phi) is 4.71. The van der Waals surface area contributed by atoms with Crippen LogP contribution in [-0.4, -0.2) is 49.2 Å². The Labute approximate surface area is 175 Å². The van der Waals surface area contributed by atoms with Crippen LogP contribution in [0.2, 0.25) is 0 Å². The van der Waals surface area contributed by atoms with Gasteiger partial charge in [0.05, 0.1) is 17.8 Å². The molecule has 2 aliphatic carbocycles. The van der Waals surface area contributed by atoms with Crippen molar-refractivity contribution in [2.45, 2.75) is 71.0 Å². The Morgan fingerprint density at radius 1 is 1.17 bits per heavy atom. The van der Waals surface area contributed by atoms with E-state index in [4.69, 9.17) is 0 Å². The number of pyridine rings is 1. The third-order valence-electron chi connectivity index (χ3n) is 7.21. The fourth-order valence-electron chi connectivity index (χ4n) is 5.53. The van der Waals surface area contributed by atoms with Crippen LogP contribution in [0.3, 0.4) is 0 Å². The van der Waals surface area contributed by atoms with Crippen LogP contribution in [0.5, 0.6) is 0 Å². The van der Waals surface area contributed by atoms with E-state index in [1.165, 1.54) is 19.8 Å². The number of hydrogen-bond donors (Lipinski definition) is 0. The summed E-state index contributed by atoms with van der Waals surface area (Å²) in [6.07, 6.45) is 9.04. The van der Waals surface area contributed by atoms with Crippen LogP contribution < -0.4 is 0 Å². The zero-order valence-electron chi connectivity index (χ0n) is 17.6. The first-order valence-electron chi connectivity index (χ1n) is 11.1. The lowest BCUT2D eigenvalue weighted by Crippen LogP contribution is -2.44. The number of rotatable bonds is 7. The molecule has 2 saturated carbocycles. The highest BCUT2D eigenvalue weighted by molar-refractivity contribution is 6.04. The van der Waals surface area contributed by atoms with E-state index < -0.39 is 0 Å². The molecular formula is C23H28N4O3. The first-order valence-corrected chi connectivity index (χ1v) is 11.1. The Hall–Kier alpha value is -2.57. The Bertz CT molecular complexity index is 1020. The number of hydrogen-bond acceptors (Lipinski definition) is 5. The quantitative estimate of drug-likeness (QED) is 0.658. The molecule has 30 heavy (non-hydrogen) atoms. The second-order valence-corrected chi connectivity index (χ2v) is 9.52. The molecule has 7 nitrogen and oxygen atoms in total. The van der Waals surface area contributed by atoms with Gasteiger partial charge in [0.15, 0.2) is 11.6 Å². The second kappa shape index (κ2) is 7.29. The van der Waals surface area contributed by atoms with Gasteiger partial charge in [0.2, 0.25) is 5.91 Å². The van der Waals surface area contributed by atoms with E-state index in [0.29, 0.717) is 34.9 Å². The van der Waals surface area contributed by atoms with Crippen molar-refractivity contribution in [3.05, 3.63) is 24.2 Å². The predicted molar refractivity (Wildman–Crippen MR) is 111 cm³/mol.